The molecule has 0 spiro atoms. The number of ether oxygens (including phenoxy) is 1. The van der Waals surface area contributed by atoms with E-state index in [1.807, 2.05) is 0 Å². The summed E-state index contributed by atoms with van der Waals surface area (Å²) in [6.07, 6.45) is -4.68. The van der Waals surface area contributed by atoms with Crippen LogP contribution in [0.5, 0.6) is 5.88 Å². The Hall–Kier alpha value is -2.10. The molecular formula is C8H3F3N2O2. The van der Waals surface area contributed by atoms with Crippen molar-refractivity contribution in [1.29, 1.82) is 5.26 Å². The van der Waals surface area contributed by atoms with E-state index in [9.17, 15) is 18.0 Å². The highest BCUT2D eigenvalue weighted by atomic mass is 19.4. The lowest BCUT2D eigenvalue weighted by Gasteiger charge is -2.07. The SMILES string of the molecule is N#Cc1cc(C=O)nc(OC(F)(F)F)c1. The van der Waals surface area contributed by atoms with Crippen molar-refractivity contribution >= 4 is 6.29 Å². The average molecular weight is 216 g/mol. The van der Waals surface area contributed by atoms with Crippen molar-refractivity contribution in [2.75, 3.05) is 0 Å². The molecular weight excluding hydrogens is 213 g/mol. The van der Waals surface area contributed by atoms with Gasteiger partial charge in [0.1, 0.15) is 5.69 Å². The van der Waals surface area contributed by atoms with Crippen molar-refractivity contribution in [3.05, 3.63) is 23.4 Å². The number of aldehydes is 1. The first-order valence-corrected chi connectivity index (χ1v) is 3.58. The number of alkyl halides is 3. The van der Waals surface area contributed by atoms with Crippen molar-refractivity contribution in [3.8, 4) is 11.9 Å². The van der Waals surface area contributed by atoms with E-state index in [2.05, 4.69) is 9.72 Å². The molecule has 0 atom stereocenters. The summed E-state index contributed by atoms with van der Waals surface area (Å²) in [6, 6.07) is 3.43. The minimum absolute atomic E-state index is 0.133. The summed E-state index contributed by atoms with van der Waals surface area (Å²) in [5.41, 5.74) is -0.431. The fourth-order valence-electron chi connectivity index (χ4n) is 0.822. The van der Waals surface area contributed by atoms with Gasteiger partial charge in [-0.25, -0.2) is 4.98 Å². The van der Waals surface area contributed by atoms with Gasteiger partial charge < -0.3 is 4.74 Å². The van der Waals surface area contributed by atoms with Crippen LogP contribution in [0.25, 0.3) is 0 Å². The quantitative estimate of drug-likeness (QED) is 0.705. The second kappa shape index (κ2) is 3.96. The Morgan fingerprint density at radius 2 is 2.13 bits per heavy atom. The predicted octanol–water partition coefficient (Wildman–Crippen LogP) is 1.66. The number of halogens is 3. The summed E-state index contributed by atoms with van der Waals surface area (Å²) in [7, 11) is 0. The number of hydrogen-bond donors (Lipinski definition) is 0. The molecule has 0 saturated heterocycles. The van der Waals surface area contributed by atoms with Crippen LogP contribution in [0.15, 0.2) is 12.1 Å². The molecule has 1 heterocycles. The summed E-state index contributed by atoms with van der Waals surface area (Å²) < 4.78 is 38.8. The summed E-state index contributed by atoms with van der Waals surface area (Å²) in [4.78, 5) is 13.5. The molecule has 0 fully saturated rings. The molecule has 0 bridgehead atoms. The van der Waals surface area contributed by atoms with Gasteiger partial charge in [-0.05, 0) is 6.07 Å². The van der Waals surface area contributed by atoms with Crippen molar-refractivity contribution in [1.82, 2.24) is 4.98 Å². The van der Waals surface area contributed by atoms with Crippen LogP contribution in [0.2, 0.25) is 0 Å². The minimum atomic E-state index is -4.90. The number of rotatable bonds is 2. The molecule has 0 aliphatic rings. The Labute approximate surface area is 81.9 Å². The van der Waals surface area contributed by atoms with Crippen LogP contribution in [0.1, 0.15) is 16.1 Å². The van der Waals surface area contributed by atoms with Crippen molar-refractivity contribution in [3.63, 3.8) is 0 Å². The van der Waals surface area contributed by atoms with Crippen LogP contribution in [0, 0.1) is 11.3 Å². The smallest absolute Gasteiger partial charge is 0.388 e. The Morgan fingerprint density at radius 1 is 1.47 bits per heavy atom. The van der Waals surface area contributed by atoms with Crippen LogP contribution in [-0.4, -0.2) is 17.6 Å². The van der Waals surface area contributed by atoms with Gasteiger partial charge >= 0.3 is 6.36 Å². The van der Waals surface area contributed by atoms with Gasteiger partial charge in [-0.2, -0.15) is 5.26 Å². The molecule has 0 aliphatic carbocycles. The van der Waals surface area contributed by atoms with Crippen molar-refractivity contribution < 1.29 is 22.7 Å². The van der Waals surface area contributed by atoms with E-state index in [0.29, 0.717) is 0 Å². The van der Waals surface area contributed by atoms with E-state index in [1.54, 1.807) is 6.07 Å². The molecule has 4 nitrogen and oxygen atoms in total. The number of nitrogens with zero attached hydrogens (tertiary/aromatic N) is 2. The second-order valence-corrected chi connectivity index (χ2v) is 2.40. The fraction of sp³-hybridized carbons (Fsp3) is 0.125. The fourth-order valence-corrected chi connectivity index (χ4v) is 0.822. The summed E-state index contributed by atoms with van der Waals surface area (Å²) >= 11 is 0. The molecule has 0 aliphatic heterocycles. The highest BCUT2D eigenvalue weighted by Crippen LogP contribution is 2.21. The number of pyridine rings is 1. The number of aromatic nitrogens is 1. The van der Waals surface area contributed by atoms with Gasteiger partial charge in [0.05, 0.1) is 11.6 Å². The topological polar surface area (TPSA) is 63.0 Å². The molecule has 0 radical (unpaired) electrons. The number of carbonyl (C=O) groups is 1. The van der Waals surface area contributed by atoms with Gasteiger partial charge in [0, 0.05) is 6.07 Å². The largest absolute Gasteiger partial charge is 0.574 e. The maximum absolute atomic E-state index is 11.8. The highest BCUT2D eigenvalue weighted by Gasteiger charge is 2.32. The zero-order valence-corrected chi connectivity index (χ0v) is 7.08. The lowest BCUT2D eigenvalue weighted by molar-refractivity contribution is -0.276. The van der Waals surface area contributed by atoms with Gasteiger partial charge in [0.2, 0.25) is 5.88 Å². The van der Waals surface area contributed by atoms with Crippen LogP contribution in [0.3, 0.4) is 0 Å². The maximum Gasteiger partial charge on any atom is 0.574 e. The lowest BCUT2D eigenvalue weighted by Crippen LogP contribution is -2.18. The second-order valence-electron chi connectivity index (χ2n) is 2.40. The molecule has 0 saturated carbocycles. The van der Waals surface area contributed by atoms with Crippen LogP contribution < -0.4 is 4.74 Å². The van der Waals surface area contributed by atoms with Crippen LogP contribution in [-0.2, 0) is 0 Å². The van der Waals surface area contributed by atoms with E-state index in [1.165, 1.54) is 0 Å². The first kappa shape index (κ1) is 11.0. The van der Waals surface area contributed by atoms with Gasteiger partial charge in [0.15, 0.2) is 6.29 Å². The number of carbonyl (C=O) groups excluding carboxylic acids is 1. The molecule has 0 aromatic carbocycles. The van der Waals surface area contributed by atoms with Gasteiger partial charge in [-0.3, -0.25) is 4.79 Å². The average Bonchev–Trinajstić information content (AvgIpc) is 2.14. The normalized spacial score (nSPS) is 10.5. The lowest BCUT2D eigenvalue weighted by atomic mass is 10.2. The molecule has 1 aromatic heterocycles. The molecule has 0 amide bonds. The summed E-state index contributed by atoms with van der Waals surface area (Å²) in [5.74, 6) is -0.830. The minimum Gasteiger partial charge on any atom is -0.388 e. The van der Waals surface area contributed by atoms with Crippen molar-refractivity contribution in [2.45, 2.75) is 6.36 Å². The third-order valence-electron chi connectivity index (χ3n) is 1.29. The van der Waals surface area contributed by atoms with Crippen LogP contribution >= 0.6 is 0 Å². The molecule has 0 N–H and O–H groups in total. The highest BCUT2D eigenvalue weighted by molar-refractivity contribution is 5.72. The summed E-state index contributed by atoms with van der Waals surface area (Å²) in [6.45, 7) is 0. The Kier molecular flexibility index (Phi) is 2.90. The van der Waals surface area contributed by atoms with E-state index in [0.717, 1.165) is 12.1 Å². The van der Waals surface area contributed by atoms with Crippen molar-refractivity contribution in [2.24, 2.45) is 0 Å². The first-order chi connectivity index (χ1) is 6.94. The molecule has 1 aromatic rings. The first-order valence-electron chi connectivity index (χ1n) is 3.58. The zero-order chi connectivity index (χ0) is 11.5. The van der Waals surface area contributed by atoms with E-state index < -0.39 is 12.2 Å². The number of hydrogen-bond acceptors (Lipinski definition) is 4. The van der Waals surface area contributed by atoms with E-state index in [4.69, 9.17) is 5.26 Å². The third-order valence-corrected chi connectivity index (χ3v) is 1.29. The Bertz CT molecular complexity index is 423. The number of nitriles is 1. The monoisotopic (exact) mass is 216 g/mol. The third kappa shape index (κ3) is 3.27. The summed E-state index contributed by atoms with van der Waals surface area (Å²) in [5, 5.41) is 8.45. The Balaban J connectivity index is 3.09. The van der Waals surface area contributed by atoms with Gasteiger partial charge in [-0.15, -0.1) is 13.2 Å². The van der Waals surface area contributed by atoms with Crippen LogP contribution in [0.4, 0.5) is 13.2 Å². The molecule has 15 heavy (non-hydrogen) atoms. The van der Waals surface area contributed by atoms with Gasteiger partial charge in [-0.1, -0.05) is 0 Å². The van der Waals surface area contributed by atoms with Gasteiger partial charge in [0.25, 0.3) is 0 Å². The predicted molar refractivity (Wildman–Crippen MR) is 41.0 cm³/mol. The maximum atomic E-state index is 11.8. The molecule has 78 valence electrons. The molecule has 7 heteroatoms. The van der Waals surface area contributed by atoms with E-state index >= 15 is 0 Å². The molecule has 1 rings (SSSR count). The molecule has 0 unspecified atom stereocenters. The standard InChI is InChI=1S/C8H3F3N2O2/c9-8(10,11)15-7-2-5(3-12)1-6(4-14)13-7/h1-2,4H. The van der Waals surface area contributed by atoms with E-state index in [-0.39, 0.29) is 17.5 Å². The zero-order valence-electron chi connectivity index (χ0n) is 7.08. The Morgan fingerprint density at radius 3 is 2.60 bits per heavy atom.